The molecule has 1 aliphatic carbocycles. The van der Waals surface area contributed by atoms with Crippen molar-refractivity contribution in [3.05, 3.63) is 28.2 Å². The van der Waals surface area contributed by atoms with Crippen molar-refractivity contribution in [1.82, 2.24) is 0 Å². The van der Waals surface area contributed by atoms with Gasteiger partial charge in [0.2, 0.25) is 0 Å². The number of ether oxygens (including phenoxy) is 1. The number of benzene rings is 1. The highest BCUT2D eigenvalue weighted by Crippen LogP contribution is 2.40. The van der Waals surface area contributed by atoms with Crippen LogP contribution in [0.15, 0.2) is 22.7 Å². The van der Waals surface area contributed by atoms with Gasteiger partial charge < -0.3 is 9.84 Å². The smallest absolute Gasteiger partial charge is 0.125 e. The third-order valence-corrected chi connectivity index (χ3v) is 4.59. The molecule has 0 aliphatic heterocycles. The van der Waals surface area contributed by atoms with Crippen LogP contribution in [0.25, 0.3) is 0 Å². The molecular weight excluding hydrogens is 304 g/mol. The summed E-state index contributed by atoms with van der Waals surface area (Å²) in [5, 5.41) is 10.7. The summed E-state index contributed by atoms with van der Waals surface area (Å²) in [6.07, 6.45) is 4.26. The molecule has 3 heteroatoms. The lowest BCUT2D eigenvalue weighted by Crippen LogP contribution is -2.20. The highest BCUT2D eigenvalue weighted by atomic mass is 79.9. The van der Waals surface area contributed by atoms with E-state index in [0.717, 1.165) is 34.5 Å². The fourth-order valence-corrected chi connectivity index (χ4v) is 3.27. The van der Waals surface area contributed by atoms with E-state index in [-0.39, 0.29) is 0 Å². The van der Waals surface area contributed by atoms with Crippen LogP contribution in [0.4, 0.5) is 0 Å². The van der Waals surface area contributed by atoms with E-state index in [4.69, 9.17) is 4.74 Å². The van der Waals surface area contributed by atoms with Crippen molar-refractivity contribution in [3.63, 3.8) is 0 Å². The van der Waals surface area contributed by atoms with Gasteiger partial charge in [0.25, 0.3) is 0 Å². The van der Waals surface area contributed by atoms with Crippen LogP contribution in [0.1, 0.15) is 51.2 Å². The van der Waals surface area contributed by atoms with E-state index in [0.29, 0.717) is 12.5 Å². The molecular formula is C16H23BrO2. The average molecular weight is 327 g/mol. The monoisotopic (exact) mass is 326 g/mol. The number of rotatable bonds is 4. The van der Waals surface area contributed by atoms with Crippen molar-refractivity contribution in [2.45, 2.75) is 45.6 Å². The second-order valence-electron chi connectivity index (χ2n) is 5.58. The van der Waals surface area contributed by atoms with Crippen molar-refractivity contribution in [1.29, 1.82) is 0 Å². The van der Waals surface area contributed by atoms with E-state index in [2.05, 4.69) is 22.9 Å². The van der Waals surface area contributed by atoms with Crippen LogP contribution in [0.5, 0.6) is 5.75 Å². The molecule has 1 aliphatic rings. The summed E-state index contributed by atoms with van der Waals surface area (Å²) in [5.41, 5.74) is 0.927. The van der Waals surface area contributed by atoms with Gasteiger partial charge >= 0.3 is 0 Å². The molecule has 106 valence electrons. The van der Waals surface area contributed by atoms with Gasteiger partial charge in [-0.25, -0.2) is 0 Å². The molecule has 2 rings (SSSR count). The number of halogens is 1. The molecule has 0 bridgehead atoms. The van der Waals surface area contributed by atoms with Gasteiger partial charge in [0.05, 0.1) is 12.7 Å². The zero-order valence-electron chi connectivity index (χ0n) is 11.7. The zero-order chi connectivity index (χ0) is 13.8. The second-order valence-corrected chi connectivity index (χ2v) is 6.50. The lowest BCUT2D eigenvalue weighted by atomic mass is 9.78. The Morgan fingerprint density at radius 1 is 1.32 bits per heavy atom. The van der Waals surface area contributed by atoms with E-state index >= 15 is 0 Å². The molecule has 0 amide bonds. The Morgan fingerprint density at radius 3 is 2.63 bits per heavy atom. The van der Waals surface area contributed by atoms with Gasteiger partial charge in [0, 0.05) is 10.0 Å². The van der Waals surface area contributed by atoms with Crippen LogP contribution >= 0.6 is 15.9 Å². The lowest BCUT2D eigenvalue weighted by Gasteiger charge is -2.30. The van der Waals surface area contributed by atoms with E-state index in [1.165, 1.54) is 12.8 Å². The quantitative estimate of drug-likeness (QED) is 0.868. The molecule has 0 saturated heterocycles. The molecule has 1 saturated carbocycles. The van der Waals surface area contributed by atoms with Crippen LogP contribution in [-0.4, -0.2) is 11.7 Å². The number of aliphatic hydroxyl groups is 1. The molecule has 1 atom stereocenters. The third-order valence-electron chi connectivity index (χ3n) is 4.10. The zero-order valence-corrected chi connectivity index (χ0v) is 13.3. The molecule has 1 aromatic carbocycles. The summed E-state index contributed by atoms with van der Waals surface area (Å²) in [4.78, 5) is 0. The van der Waals surface area contributed by atoms with Crippen LogP contribution in [-0.2, 0) is 0 Å². The largest absolute Gasteiger partial charge is 0.493 e. The molecule has 1 N–H and O–H groups in total. The van der Waals surface area contributed by atoms with Crippen LogP contribution in [0.2, 0.25) is 0 Å². The molecule has 0 radical (unpaired) electrons. The highest BCUT2D eigenvalue weighted by molar-refractivity contribution is 9.10. The minimum Gasteiger partial charge on any atom is -0.493 e. The topological polar surface area (TPSA) is 29.5 Å². The fourth-order valence-electron chi connectivity index (χ4n) is 2.89. The second kappa shape index (κ2) is 6.76. The standard InChI is InChI=1S/C16H23BrO2/c1-3-19-15-9-8-13(17)10-14(15)16(18)12-6-4-11(2)5-7-12/h8-12,16,18H,3-7H2,1-2H3. The maximum absolute atomic E-state index is 10.7. The van der Waals surface area contributed by atoms with E-state index in [1.54, 1.807) is 0 Å². The van der Waals surface area contributed by atoms with Crippen molar-refractivity contribution in [2.24, 2.45) is 11.8 Å². The first-order valence-electron chi connectivity index (χ1n) is 7.22. The Labute approximate surface area is 124 Å². The summed E-state index contributed by atoms with van der Waals surface area (Å²) < 4.78 is 6.64. The van der Waals surface area contributed by atoms with Crippen LogP contribution in [0.3, 0.4) is 0 Å². The van der Waals surface area contributed by atoms with Gasteiger partial charge in [0.1, 0.15) is 5.75 Å². The Kier molecular flexibility index (Phi) is 5.28. The van der Waals surface area contributed by atoms with Crippen LogP contribution in [0, 0.1) is 11.8 Å². The third kappa shape index (κ3) is 3.73. The molecule has 19 heavy (non-hydrogen) atoms. The molecule has 0 heterocycles. The van der Waals surface area contributed by atoms with Crippen molar-refractivity contribution in [2.75, 3.05) is 6.61 Å². The van der Waals surface area contributed by atoms with Gasteiger partial charge in [-0.15, -0.1) is 0 Å². The molecule has 1 unspecified atom stereocenters. The summed E-state index contributed by atoms with van der Waals surface area (Å²) in [6.45, 7) is 4.90. The number of aliphatic hydroxyl groups excluding tert-OH is 1. The first kappa shape index (κ1) is 14.9. The number of hydrogen-bond acceptors (Lipinski definition) is 2. The normalized spacial score (nSPS) is 25.1. The van der Waals surface area contributed by atoms with Gasteiger partial charge in [-0.3, -0.25) is 0 Å². The first-order valence-corrected chi connectivity index (χ1v) is 8.01. The van der Waals surface area contributed by atoms with Gasteiger partial charge in [-0.05, 0) is 49.8 Å². The average Bonchev–Trinajstić information content (AvgIpc) is 2.41. The van der Waals surface area contributed by atoms with Crippen molar-refractivity contribution >= 4 is 15.9 Å². The van der Waals surface area contributed by atoms with Gasteiger partial charge in [0.15, 0.2) is 0 Å². The maximum Gasteiger partial charge on any atom is 0.125 e. The summed E-state index contributed by atoms with van der Waals surface area (Å²) >= 11 is 3.48. The number of hydrogen-bond donors (Lipinski definition) is 1. The molecule has 1 fully saturated rings. The highest BCUT2D eigenvalue weighted by Gasteiger charge is 2.27. The Bertz CT molecular complexity index is 411. The van der Waals surface area contributed by atoms with Crippen LogP contribution < -0.4 is 4.74 Å². The van der Waals surface area contributed by atoms with Gasteiger partial charge in [-0.2, -0.15) is 0 Å². The van der Waals surface area contributed by atoms with Crippen molar-refractivity contribution < 1.29 is 9.84 Å². The Balaban J connectivity index is 2.17. The minimum absolute atomic E-state index is 0.365. The SMILES string of the molecule is CCOc1ccc(Br)cc1C(O)C1CCC(C)CC1. The summed E-state index contributed by atoms with van der Waals surface area (Å²) in [6, 6.07) is 5.90. The Hall–Kier alpha value is -0.540. The lowest BCUT2D eigenvalue weighted by molar-refractivity contribution is 0.0728. The molecule has 0 aromatic heterocycles. The predicted molar refractivity (Wildman–Crippen MR) is 81.4 cm³/mol. The summed E-state index contributed by atoms with van der Waals surface area (Å²) in [5.74, 6) is 1.99. The molecule has 1 aromatic rings. The predicted octanol–water partition coefficient (Wildman–Crippen LogP) is 4.71. The van der Waals surface area contributed by atoms with E-state index in [9.17, 15) is 5.11 Å². The minimum atomic E-state index is -0.411. The Morgan fingerprint density at radius 2 is 2.00 bits per heavy atom. The van der Waals surface area contributed by atoms with Crippen molar-refractivity contribution in [3.8, 4) is 5.75 Å². The summed E-state index contributed by atoms with van der Waals surface area (Å²) in [7, 11) is 0. The molecule has 0 spiro atoms. The fraction of sp³-hybridized carbons (Fsp3) is 0.625. The van der Waals surface area contributed by atoms with Gasteiger partial charge in [-0.1, -0.05) is 35.7 Å². The first-order chi connectivity index (χ1) is 9.11. The van der Waals surface area contributed by atoms with E-state index < -0.39 is 6.10 Å². The maximum atomic E-state index is 10.7. The molecule has 2 nitrogen and oxygen atoms in total. The van der Waals surface area contributed by atoms with E-state index in [1.807, 2.05) is 25.1 Å².